The highest BCUT2D eigenvalue weighted by Crippen LogP contribution is 2.41. The number of amides is 4. The minimum atomic E-state index is -5.08. The van der Waals surface area contributed by atoms with E-state index in [4.69, 9.17) is 31.6 Å². The molecule has 2 aromatic carbocycles. The van der Waals surface area contributed by atoms with Gasteiger partial charge in [-0.05, 0) is 41.7 Å². The van der Waals surface area contributed by atoms with Crippen molar-refractivity contribution in [2.24, 2.45) is 16.9 Å². The molecule has 1 aromatic heterocycles. The number of hydrogen-bond donors (Lipinski definition) is 8. The van der Waals surface area contributed by atoms with Gasteiger partial charge >= 0.3 is 24.1 Å². The molecule has 0 spiro atoms. The summed E-state index contributed by atoms with van der Waals surface area (Å²) in [4.78, 5) is 83.7. The van der Waals surface area contributed by atoms with Gasteiger partial charge in [-0.1, -0.05) is 51.1 Å². The number of nitrogens with zero attached hydrogens (tertiary/aromatic N) is 2. The number of hydrogen-bond acceptors (Lipinski definition) is 10. The van der Waals surface area contributed by atoms with Gasteiger partial charge in [-0.25, -0.2) is 13.6 Å². The van der Waals surface area contributed by atoms with E-state index in [1.807, 2.05) is 55.7 Å². The van der Waals surface area contributed by atoms with E-state index in [9.17, 15) is 46.3 Å². The van der Waals surface area contributed by atoms with Gasteiger partial charge in [0.15, 0.2) is 0 Å². The van der Waals surface area contributed by atoms with Crippen LogP contribution in [0.4, 0.5) is 22.0 Å². The molecule has 0 aliphatic rings. The maximum atomic E-state index is 15.0. The van der Waals surface area contributed by atoms with Crippen LogP contribution >= 0.6 is 11.8 Å². The number of nitrogens with two attached hydrogens (primary N) is 2. The van der Waals surface area contributed by atoms with Gasteiger partial charge in [-0.15, -0.1) is 11.8 Å². The molecule has 3 aromatic rings. The SMILES string of the molecule is CC(=O)N(CC[C@H](N)C(=O)NCCNC(=O)CNC(=O)C(CC(=O)O)SC[C@H](N)C(=O)O)[C@@H](c1cc(-c2cc(F)ccc2F)cn1Cc1ccccc1)C(C)(C)C.O=C(O)C(F)(F)F. The number of aliphatic carboxylic acids is 3. The largest absolute Gasteiger partial charge is 0.490 e. The molecule has 17 nitrogen and oxygen atoms in total. The maximum Gasteiger partial charge on any atom is 0.490 e. The number of benzene rings is 2. The third-order valence-electron chi connectivity index (χ3n) is 9.06. The van der Waals surface area contributed by atoms with Crippen LogP contribution in [-0.4, -0.2) is 122 Å². The van der Waals surface area contributed by atoms with Crippen LogP contribution in [0, 0.1) is 17.0 Å². The zero-order chi connectivity index (χ0) is 48.5. The van der Waals surface area contributed by atoms with Gasteiger partial charge in [0.05, 0.1) is 30.3 Å². The van der Waals surface area contributed by atoms with Crippen LogP contribution in [0.15, 0.2) is 60.8 Å². The van der Waals surface area contributed by atoms with E-state index < -0.39 is 95.2 Å². The van der Waals surface area contributed by atoms with Crippen molar-refractivity contribution in [3.8, 4) is 11.1 Å². The second kappa shape index (κ2) is 24.7. The van der Waals surface area contributed by atoms with Gasteiger partial charge in [0.2, 0.25) is 23.6 Å². The Morgan fingerprint density at radius 2 is 1.45 bits per heavy atom. The number of rotatable bonds is 21. The summed E-state index contributed by atoms with van der Waals surface area (Å²) in [6, 6.07) is 11.6. The van der Waals surface area contributed by atoms with Gasteiger partial charge in [0, 0.05) is 61.9 Å². The monoisotopic (exact) mass is 929 g/mol. The van der Waals surface area contributed by atoms with E-state index in [2.05, 4.69) is 16.0 Å². The Balaban J connectivity index is 0.00000185. The van der Waals surface area contributed by atoms with E-state index in [0.29, 0.717) is 17.8 Å². The molecule has 0 radical (unpaired) electrons. The lowest BCUT2D eigenvalue weighted by atomic mass is 9.82. The van der Waals surface area contributed by atoms with Crippen molar-refractivity contribution in [2.75, 3.05) is 31.9 Å². The zero-order valence-corrected chi connectivity index (χ0v) is 36.1. The Labute approximate surface area is 369 Å². The third kappa shape index (κ3) is 18.0. The molecular formula is C41H52F5N7O10S. The zero-order valence-electron chi connectivity index (χ0n) is 35.3. The first-order valence-electron chi connectivity index (χ1n) is 19.4. The van der Waals surface area contributed by atoms with Crippen molar-refractivity contribution < 1.29 is 70.8 Å². The minimum Gasteiger partial charge on any atom is -0.481 e. The van der Waals surface area contributed by atoms with E-state index in [-0.39, 0.29) is 43.3 Å². The molecule has 3 rings (SSSR count). The molecule has 1 unspecified atom stereocenters. The number of halogens is 5. The summed E-state index contributed by atoms with van der Waals surface area (Å²) in [5.74, 6) is -9.03. The number of carbonyl (C=O) groups is 7. The molecule has 0 aliphatic heterocycles. The lowest BCUT2D eigenvalue weighted by Gasteiger charge is -2.41. The Hall–Kier alpha value is -6.07. The molecule has 0 fully saturated rings. The highest BCUT2D eigenvalue weighted by molar-refractivity contribution is 8.00. The predicted octanol–water partition coefficient (Wildman–Crippen LogP) is 3.11. The summed E-state index contributed by atoms with van der Waals surface area (Å²) in [5, 5.41) is 31.4. The summed E-state index contributed by atoms with van der Waals surface area (Å²) in [6.45, 7) is 7.16. The number of nitrogens with one attached hydrogen (secondary N) is 3. The lowest BCUT2D eigenvalue weighted by molar-refractivity contribution is -0.192. The molecule has 64 heavy (non-hydrogen) atoms. The fraction of sp³-hybridized carbons (Fsp3) is 0.439. The minimum absolute atomic E-state index is 0.0236. The van der Waals surface area contributed by atoms with Crippen molar-refractivity contribution in [3.63, 3.8) is 0 Å². The highest BCUT2D eigenvalue weighted by Gasteiger charge is 2.38. The van der Waals surface area contributed by atoms with Crippen LogP contribution in [0.25, 0.3) is 11.1 Å². The Kier molecular flexibility index (Phi) is 20.9. The highest BCUT2D eigenvalue weighted by atomic mass is 32.2. The fourth-order valence-corrected chi connectivity index (χ4v) is 7.11. The van der Waals surface area contributed by atoms with Gasteiger partial charge in [0.1, 0.15) is 17.7 Å². The van der Waals surface area contributed by atoms with Crippen LogP contribution in [0.2, 0.25) is 0 Å². The summed E-state index contributed by atoms with van der Waals surface area (Å²) >= 11 is 0.747. The second-order valence-electron chi connectivity index (χ2n) is 15.3. The van der Waals surface area contributed by atoms with Crippen molar-refractivity contribution in [1.82, 2.24) is 25.4 Å². The maximum absolute atomic E-state index is 15.0. The van der Waals surface area contributed by atoms with E-state index in [1.165, 1.54) is 6.92 Å². The van der Waals surface area contributed by atoms with Gasteiger partial charge in [0.25, 0.3) is 0 Å². The van der Waals surface area contributed by atoms with Crippen molar-refractivity contribution >= 4 is 53.3 Å². The molecule has 23 heteroatoms. The number of carboxylic acid groups (broad SMARTS) is 3. The average molecular weight is 930 g/mol. The number of thioether (sulfide) groups is 1. The molecule has 0 saturated carbocycles. The predicted molar refractivity (Wildman–Crippen MR) is 224 cm³/mol. The lowest BCUT2D eigenvalue weighted by Crippen LogP contribution is -2.48. The summed E-state index contributed by atoms with van der Waals surface area (Å²) in [6.07, 6.45) is -3.90. The van der Waals surface area contributed by atoms with Gasteiger partial charge in [-0.3, -0.25) is 28.8 Å². The van der Waals surface area contributed by atoms with Crippen LogP contribution in [0.3, 0.4) is 0 Å². The van der Waals surface area contributed by atoms with Crippen LogP contribution in [0.1, 0.15) is 57.8 Å². The standard InChI is InChI=1S/C39H51F2N7O8S.C2HF3O2/c1-23(49)48(15-12-29(42)36(53)45-14-13-44-33(50)19-46-37(54)32(18-34(51)52)57-22-30(43)38(55)56)35(39(2,3)4)31-16-25(27-17-26(40)10-11-28(27)41)21-47(31)20-24-8-6-5-7-9-24;3-2(4,5)1(6)7/h5-11,16-17,21,29-30,32,35H,12-15,18-20,22,42-43H2,1-4H3,(H,44,50)(H,45,53)(H,46,54)(H,51,52)(H,55,56);(H,6,7)/t29-,30-,32?,35-;/m0./s1. The fourth-order valence-electron chi connectivity index (χ4n) is 6.03. The smallest absolute Gasteiger partial charge is 0.481 e. The Bertz CT molecular complexity index is 2100. The first-order valence-corrected chi connectivity index (χ1v) is 20.4. The average Bonchev–Trinajstić information content (AvgIpc) is 3.60. The van der Waals surface area contributed by atoms with Crippen LogP contribution in [-0.2, 0) is 40.1 Å². The Morgan fingerprint density at radius 3 is 2.00 bits per heavy atom. The normalized spacial score (nSPS) is 13.2. The molecule has 352 valence electrons. The van der Waals surface area contributed by atoms with Crippen molar-refractivity contribution in [2.45, 2.75) is 76.6 Å². The van der Waals surface area contributed by atoms with Crippen LogP contribution in [0.5, 0.6) is 0 Å². The number of carboxylic acids is 3. The second-order valence-corrected chi connectivity index (χ2v) is 16.5. The third-order valence-corrected chi connectivity index (χ3v) is 10.4. The molecular weight excluding hydrogens is 878 g/mol. The van der Waals surface area contributed by atoms with Gasteiger partial charge < -0.3 is 52.2 Å². The van der Waals surface area contributed by atoms with Crippen molar-refractivity contribution in [1.29, 1.82) is 0 Å². The number of alkyl halides is 3. The first kappa shape index (κ1) is 54.1. The van der Waals surface area contributed by atoms with Crippen molar-refractivity contribution in [3.05, 3.63) is 83.7 Å². The molecule has 0 saturated heterocycles. The summed E-state index contributed by atoms with van der Waals surface area (Å²) in [5.41, 5.74) is 13.2. The van der Waals surface area contributed by atoms with Gasteiger partial charge in [-0.2, -0.15) is 13.2 Å². The molecule has 4 amide bonds. The number of aromatic nitrogens is 1. The van der Waals surface area contributed by atoms with E-state index in [0.717, 1.165) is 35.5 Å². The molecule has 10 N–H and O–H groups in total. The van der Waals surface area contributed by atoms with Crippen LogP contribution < -0.4 is 27.4 Å². The Morgan fingerprint density at radius 1 is 0.844 bits per heavy atom. The first-order chi connectivity index (χ1) is 29.7. The number of carbonyl (C=O) groups excluding carboxylic acids is 4. The summed E-state index contributed by atoms with van der Waals surface area (Å²) < 4.78 is 62.9. The van der Waals surface area contributed by atoms with E-state index >= 15 is 4.39 Å². The quantitative estimate of drug-likeness (QED) is 0.0564. The molecule has 0 bridgehead atoms. The van der Waals surface area contributed by atoms with E-state index in [1.54, 1.807) is 17.2 Å². The molecule has 0 aliphatic carbocycles. The molecule has 1 heterocycles. The summed E-state index contributed by atoms with van der Waals surface area (Å²) in [7, 11) is 0. The molecule has 4 atom stereocenters. The topological polar surface area (TPSA) is 276 Å².